The van der Waals surface area contributed by atoms with Crippen LogP contribution in [-0.2, 0) is 12.7 Å². The fourth-order valence-electron chi connectivity index (χ4n) is 1.87. The molecule has 0 unspecified atom stereocenters. The van der Waals surface area contributed by atoms with E-state index in [9.17, 15) is 13.2 Å². The highest BCUT2D eigenvalue weighted by Gasteiger charge is 2.37. The van der Waals surface area contributed by atoms with Gasteiger partial charge in [-0.05, 0) is 19.1 Å². The number of aromatic nitrogens is 2. The van der Waals surface area contributed by atoms with Gasteiger partial charge in [0.25, 0.3) is 0 Å². The zero-order valence-electron chi connectivity index (χ0n) is 11.3. The normalized spacial score (nSPS) is 11.7. The van der Waals surface area contributed by atoms with Crippen LogP contribution >= 0.6 is 11.6 Å². The molecular weight excluding hydrogens is 305 g/mol. The van der Waals surface area contributed by atoms with Crippen molar-refractivity contribution < 1.29 is 17.9 Å². The van der Waals surface area contributed by atoms with Crippen LogP contribution in [0.25, 0.3) is 0 Å². The molecule has 0 spiro atoms. The van der Waals surface area contributed by atoms with Gasteiger partial charge in [0.05, 0.1) is 6.61 Å². The highest BCUT2D eigenvalue weighted by molar-refractivity contribution is 6.30. The van der Waals surface area contributed by atoms with Gasteiger partial charge in [-0.1, -0.05) is 29.8 Å². The summed E-state index contributed by atoms with van der Waals surface area (Å²) in [6.07, 6.45) is -3.98. The Labute approximate surface area is 125 Å². The summed E-state index contributed by atoms with van der Waals surface area (Å²) in [5.74, 6) is 0.719. The summed E-state index contributed by atoms with van der Waals surface area (Å²) in [4.78, 5) is 0. The summed E-state index contributed by atoms with van der Waals surface area (Å²) in [6.45, 7) is 1.96. The molecule has 2 aromatic rings. The molecule has 0 saturated heterocycles. The van der Waals surface area contributed by atoms with Crippen molar-refractivity contribution in [2.45, 2.75) is 26.1 Å². The molecule has 1 heterocycles. The van der Waals surface area contributed by atoms with Crippen LogP contribution < -0.4 is 4.74 Å². The van der Waals surface area contributed by atoms with Gasteiger partial charge in [-0.2, -0.15) is 18.3 Å². The van der Waals surface area contributed by atoms with E-state index in [4.69, 9.17) is 16.3 Å². The van der Waals surface area contributed by atoms with E-state index in [2.05, 4.69) is 5.10 Å². The van der Waals surface area contributed by atoms with Crippen molar-refractivity contribution in [3.63, 3.8) is 0 Å². The minimum atomic E-state index is -4.49. The van der Waals surface area contributed by atoms with Crippen molar-refractivity contribution in [2.24, 2.45) is 0 Å². The lowest BCUT2D eigenvalue weighted by Crippen LogP contribution is -2.10. The molecule has 0 saturated carbocycles. The van der Waals surface area contributed by atoms with E-state index in [-0.39, 0.29) is 17.3 Å². The Hall–Kier alpha value is -1.69. The van der Waals surface area contributed by atoms with Gasteiger partial charge >= 0.3 is 6.18 Å². The number of halogens is 4. The van der Waals surface area contributed by atoms with Gasteiger partial charge in [0.1, 0.15) is 10.9 Å². The van der Waals surface area contributed by atoms with Gasteiger partial charge in [0.2, 0.25) is 0 Å². The molecule has 7 heteroatoms. The summed E-state index contributed by atoms with van der Waals surface area (Å²) < 4.78 is 44.7. The summed E-state index contributed by atoms with van der Waals surface area (Å²) in [6, 6.07) is 9.19. The zero-order valence-corrected chi connectivity index (χ0v) is 12.1. The lowest BCUT2D eigenvalue weighted by molar-refractivity contribution is -0.141. The Bertz CT molecular complexity index is 596. The predicted octanol–water partition coefficient (Wildman–Crippen LogP) is 4.33. The van der Waals surface area contributed by atoms with E-state index in [1.807, 2.05) is 30.3 Å². The molecule has 0 fully saturated rings. The molecule has 114 valence electrons. The molecule has 0 radical (unpaired) electrons. The number of rotatable bonds is 5. The van der Waals surface area contributed by atoms with E-state index in [1.165, 1.54) is 6.92 Å². The summed E-state index contributed by atoms with van der Waals surface area (Å²) in [5.41, 5.74) is -0.982. The number of hydrogen-bond donors (Lipinski definition) is 0. The topological polar surface area (TPSA) is 27.1 Å². The van der Waals surface area contributed by atoms with E-state index >= 15 is 0 Å². The molecule has 0 aliphatic rings. The van der Waals surface area contributed by atoms with E-state index in [0.29, 0.717) is 13.0 Å². The molecule has 0 bridgehead atoms. The molecule has 0 aliphatic heterocycles. The first-order valence-electron chi connectivity index (χ1n) is 6.37. The van der Waals surface area contributed by atoms with Crippen LogP contribution in [0, 0.1) is 6.92 Å². The molecule has 1 aromatic heterocycles. The van der Waals surface area contributed by atoms with Crippen LogP contribution in [0.4, 0.5) is 13.2 Å². The number of aryl methyl sites for hydroxylation is 1. The van der Waals surface area contributed by atoms with Crippen LogP contribution in [-0.4, -0.2) is 16.4 Å². The van der Waals surface area contributed by atoms with E-state index in [1.54, 1.807) is 0 Å². The summed E-state index contributed by atoms with van der Waals surface area (Å²) in [7, 11) is 0. The van der Waals surface area contributed by atoms with Crippen LogP contribution in [0.5, 0.6) is 5.75 Å². The third-order valence-electron chi connectivity index (χ3n) is 2.91. The molecule has 0 N–H and O–H groups in total. The van der Waals surface area contributed by atoms with Gasteiger partial charge in [0, 0.05) is 18.5 Å². The van der Waals surface area contributed by atoms with Gasteiger partial charge in [-0.25, -0.2) is 0 Å². The van der Waals surface area contributed by atoms with Crippen LogP contribution in [0.1, 0.15) is 17.7 Å². The van der Waals surface area contributed by atoms with E-state index in [0.717, 1.165) is 10.4 Å². The highest BCUT2D eigenvalue weighted by atomic mass is 35.5. The number of nitrogens with zero attached hydrogens (tertiary/aromatic N) is 2. The largest absolute Gasteiger partial charge is 0.494 e. The van der Waals surface area contributed by atoms with Gasteiger partial charge in [0.15, 0.2) is 5.69 Å². The average Bonchev–Trinajstić information content (AvgIpc) is 2.73. The van der Waals surface area contributed by atoms with Crippen LogP contribution in [0.15, 0.2) is 30.3 Å². The SMILES string of the molecule is Cc1c(C(F)(F)F)nn(CCCOc2ccccc2)c1Cl. The monoisotopic (exact) mass is 318 g/mol. The van der Waals surface area contributed by atoms with E-state index < -0.39 is 11.9 Å². The Kier molecular flexibility index (Phi) is 4.77. The third-order valence-corrected chi connectivity index (χ3v) is 3.39. The fourth-order valence-corrected chi connectivity index (χ4v) is 2.08. The first-order valence-corrected chi connectivity index (χ1v) is 6.75. The standard InChI is InChI=1S/C14H14ClF3N2O/c1-10-12(14(16,17)18)19-20(13(10)15)8-5-9-21-11-6-3-2-4-7-11/h2-4,6-7H,5,8-9H2,1H3. The number of benzene rings is 1. The third kappa shape index (κ3) is 3.91. The molecule has 1 aromatic carbocycles. The molecule has 21 heavy (non-hydrogen) atoms. The molecule has 3 nitrogen and oxygen atoms in total. The first kappa shape index (κ1) is 15.7. The number of para-hydroxylation sites is 1. The molecule has 0 amide bonds. The van der Waals surface area contributed by atoms with Crippen LogP contribution in [0.3, 0.4) is 0 Å². The maximum Gasteiger partial charge on any atom is 0.435 e. The first-order chi connectivity index (χ1) is 9.89. The van der Waals surface area contributed by atoms with Crippen molar-refractivity contribution in [1.29, 1.82) is 0 Å². The number of ether oxygens (including phenoxy) is 1. The van der Waals surface area contributed by atoms with Gasteiger partial charge in [-0.3, -0.25) is 4.68 Å². The molecule has 0 atom stereocenters. The second-order valence-electron chi connectivity index (χ2n) is 4.50. The van der Waals surface area contributed by atoms with Crippen molar-refractivity contribution in [3.05, 3.63) is 46.7 Å². The fraction of sp³-hybridized carbons (Fsp3) is 0.357. The summed E-state index contributed by atoms with van der Waals surface area (Å²) in [5, 5.41) is 3.55. The number of alkyl halides is 3. The maximum atomic E-state index is 12.7. The Balaban J connectivity index is 1.92. The zero-order chi connectivity index (χ0) is 15.5. The lowest BCUT2D eigenvalue weighted by atomic mass is 10.3. The Morgan fingerprint density at radius 1 is 1.24 bits per heavy atom. The van der Waals surface area contributed by atoms with Crippen molar-refractivity contribution in [2.75, 3.05) is 6.61 Å². The quantitative estimate of drug-likeness (QED) is 0.767. The Morgan fingerprint density at radius 3 is 2.48 bits per heavy atom. The minimum absolute atomic E-state index is 0.0158. The smallest absolute Gasteiger partial charge is 0.435 e. The summed E-state index contributed by atoms with van der Waals surface area (Å²) >= 11 is 5.88. The van der Waals surface area contributed by atoms with Crippen molar-refractivity contribution >= 4 is 11.6 Å². The maximum absolute atomic E-state index is 12.7. The predicted molar refractivity (Wildman–Crippen MR) is 73.5 cm³/mol. The molecular formula is C14H14ClF3N2O. The van der Waals surface area contributed by atoms with Crippen LogP contribution in [0.2, 0.25) is 5.15 Å². The minimum Gasteiger partial charge on any atom is -0.494 e. The molecule has 2 rings (SSSR count). The highest BCUT2D eigenvalue weighted by Crippen LogP contribution is 2.33. The second-order valence-corrected chi connectivity index (χ2v) is 4.86. The molecule has 0 aliphatic carbocycles. The van der Waals surface area contributed by atoms with Gasteiger partial charge < -0.3 is 4.74 Å². The second kappa shape index (κ2) is 6.39. The lowest BCUT2D eigenvalue weighted by Gasteiger charge is -2.06. The Morgan fingerprint density at radius 2 is 1.90 bits per heavy atom. The number of hydrogen-bond acceptors (Lipinski definition) is 2. The van der Waals surface area contributed by atoms with Gasteiger partial charge in [-0.15, -0.1) is 0 Å². The van der Waals surface area contributed by atoms with Crippen molar-refractivity contribution in [1.82, 2.24) is 9.78 Å². The average molecular weight is 319 g/mol. The van der Waals surface area contributed by atoms with Crippen molar-refractivity contribution in [3.8, 4) is 5.75 Å².